The minimum absolute atomic E-state index is 0.000305. The standard InChI is InChI=1S/C12H11N5O3/c1-16-7-6-11(15-16)12(18)14-13-8-9-2-4-10(5-3-9)17(19)20/h2-8H,1H3,(H,14,18). The predicted molar refractivity (Wildman–Crippen MR) is 71.4 cm³/mol. The van der Waals surface area contributed by atoms with Gasteiger partial charge in [0.1, 0.15) is 0 Å². The fourth-order valence-corrected chi connectivity index (χ4v) is 1.44. The lowest BCUT2D eigenvalue weighted by Crippen LogP contribution is -2.18. The van der Waals surface area contributed by atoms with E-state index in [1.165, 1.54) is 35.2 Å². The number of nitro groups is 1. The Balaban J connectivity index is 1.96. The van der Waals surface area contributed by atoms with Gasteiger partial charge in [0.2, 0.25) is 0 Å². The maximum Gasteiger partial charge on any atom is 0.291 e. The van der Waals surface area contributed by atoms with Crippen LogP contribution in [-0.4, -0.2) is 26.8 Å². The molecule has 0 radical (unpaired) electrons. The van der Waals surface area contributed by atoms with Crippen molar-refractivity contribution in [2.75, 3.05) is 0 Å². The number of aromatic nitrogens is 2. The van der Waals surface area contributed by atoms with Crippen molar-refractivity contribution in [3.8, 4) is 0 Å². The number of hydrogen-bond acceptors (Lipinski definition) is 5. The molecule has 1 amide bonds. The van der Waals surface area contributed by atoms with E-state index in [0.717, 1.165) is 0 Å². The highest BCUT2D eigenvalue weighted by molar-refractivity contribution is 5.93. The Hall–Kier alpha value is -3.03. The normalized spacial score (nSPS) is 10.7. The highest BCUT2D eigenvalue weighted by atomic mass is 16.6. The Kier molecular flexibility index (Phi) is 3.85. The highest BCUT2D eigenvalue weighted by Gasteiger charge is 2.06. The van der Waals surface area contributed by atoms with Crippen LogP contribution in [0.5, 0.6) is 0 Å². The molecule has 0 bridgehead atoms. The molecule has 0 unspecified atom stereocenters. The summed E-state index contributed by atoms with van der Waals surface area (Å²) in [5.41, 5.74) is 3.21. The van der Waals surface area contributed by atoms with Gasteiger partial charge < -0.3 is 0 Å². The number of amides is 1. The summed E-state index contributed by atoms with van der Waals surface area (Å²) in [6, 6.07) is 7.36. The minimum Gasteiger partial charge on any atom is -0.275 e. The summed E-state index contributed by atoms with van der Waals surface area (Å²) in [5, 5.41) is 18.2. The molecule has 1 aromatic heterocycles. The van der Waals surface area contributed by atoms with Crippen LogP contribution in [0, 0.1) is 10.1 Å². The Morgan fingerprint density at radius 3 is 2.65 bits per heavy atom. The van der Waals surface area contributed by atoms with Crippen molar-refractivity contribution in [2.45, 2.75) is 0 Å². The first kappa shape index (κ1) is 13.4. The van der Waals surface area contributed by atoms with Gasteiger partial charge in [0, 0.05) is 25.4 Å². The van der Waals surface area contributed by atoms with E-state index in [9.17, 15) is 14.9 Å². The summed E-state index contributed by atoms with van der Waals surface area (Å²) >= 11 is 0. The minimum atomic E-state index is -0.482. The number of rotatable bonds is 4. The lowest BCUT2D eigenvalue weighted by Gasteiger charge is -1.96. The summed E-state index contributed by atoms with van der Waals surface area (Å²) in [4.78, 5) is 21.6. The molecule has 2 aromatic rings. The molecule has 1 aromatic carbocycles. The van der Waals surface area contributed by atoms with Gasteiger partial charge in [-0.1, -0.05) is 0 Å². The average molecular weight is 273 g/mol. The zero-order valence-electron chi connectivity index (χ0n) is 10.6. The molecule has 0 saturated carbocycles. The molecule has 8 heteroatoms. The van der Waals surface area contributed by atoms with Gasteiger partial charge in [-0.25, -0.2) is 5.43 Å². The van der Waals surface area contributed by atoms with Gasteiger partial charge in [0.15, 0.2) is 5.69 Å². The first-order valence-electron chi connectivity index (χ1n) is 5.64. The zero-order chi connectivity index (χ0) is 14.5. The number of benzene rings is 1. The second kappa shape index (κ2) is 5.74. The average Bonchev–Trinajstić information content (AvgIpc) is 2.86. The highest BCUT2D eigenvalue weighted by Crippen LogP contribution is 2.10. The van der Waals surface area contributed by atoms with Gasteiger partial charge in [0.05, 0.1) is 11.1 Å². The quantitative estimate of drug-likeness (QED) is 0.511. The molecule has 20 heavy (non-hydrogen) atoms. The molecule has 1 N–H and O–H groups in total. The van der Waals surface area contributed by atoms with Crippen LogP contribution >= 0.6 is 0 Å². The number of aryl methyl sites for hydroxylation is 1. The van der Waals surface area contributed by atoms with Gasteiger partial charge in [-0.15, -0.1) is 0 Å². The molecule has 0 spiro atoms. The fraction of sp³-hybridized carbons (Fsp3) is 0.0833. The molecule has 0 aliphatic heterocycles. The van der Waals surface area contributed by atoms with Crippen LogP contribution in [0.25, 0.3) is 0 Å². The van der Waals surface area contributed by atoms with Crippen molar-refractivity contribution in [1.29, 1.82) is 0 Å². The van der Waals surface area contributed by atoms with E-state index in [1.54, 1.807) is 19.3 Å². The van der Waals surface area contributed by atoms with Crippen LogP contribution in [0.3, 0.4) is 0 Å². The maximum absolute atomic E-state index is 11.6. The topological polar surface area (TPSA) is 102 Å². The third-order valence-electron chi connectivity index (χ3n) is 2.43. The molecule has 8 nitrogen and oxygen atoms in total. The molecule has 0 saturated heterocycles. The van der Waals surface area contributed by atoms with Crippen molar-refractivity contribution in [1.82, 2.24) is 15.2 Å². The summed E-state index contributed by atoms with van der Waals surface area (Å²) in [6.07, 6.45) is 3.04. The molecule has 102 valence electrons. The summed E-state index contributed by atoms with van der Waals surface area (Å²) in [6.45, 7) is 0. The first-order chi connectivity index (χ1) is 9.56. The fourth-order valence-electron chi connectivity index (χ4n) is 1.44. The Labute approximate surface area is 113 Å². The first-order valence-corrected chi connectivity index (χ1v) is 5.64. The van der Waals surface area contributed by atoms with Crippen LogP contribution in [-0.2, 0) is 7.05 Å². The van der Waals surface area contributed by atoms with E-state index in [0.29, 0.717) is 5.56 Å². The Morgan fingerprint density at radius 2 is 2.10 bits per heavy atom. The predicted octanol–water partition coefficient (Wildman–Crippen LogP) is 1.09. The van der Waals surface area contributed by atoms with Crippen molar-refractivity contribution >= 4 is 17.8 Å². The molecule has 0 aliphatic rings. The Bertz CT molecular complexity index is 660. The van der Waals surface area contributed by atoms with Gasteiger partial charge in [-0.3, -0.25) is 19.6 Å². The van der Waals surface area contributed by atoms with Crippen LogP contribution in [0.2, 0.25) is 0 Å². The van der Waals surface area contributed by atoms with E-state index < -0.39 is 10.8 Å². The third-order valence-corrected chi connectivity index (χ3v) is 2.43. The zero-order valence-corrected chi connectivity index (χ0v) is 10.6. The van der Waals surface area contributed by atoms with Crippen molar-refractivity contribution < 1.29 is 9.72 Å². The number of hydrogen-bond donors (Lipinski definition) is 1. The molecular formula is C12H11N5O3. The largest absolute Gasteiger partial charge is 0.291 e. The van der Waals surface area contributed by atoms with Crippen molar-refractivity contribution in [2.24, 2.45) is 12.1 Å². The number of nitrogens with one attached hydrogen (secondary N) is 1. The van der Waals surface area contributed by atoms with Crippen LogP contribution in [0.1, 0.15) is 16.1 Å². The van der Waals surface area contributed by atoms with E-state index in [2.05, 4.69) is 15.6 Å². The van der Waals surface area contributed by atoms with E-state index >= 15 is 0 Å². The second-order valence-electron chi connectivity index (χ2n) is 3.92. The molecular weight excluding hydrogens is 262 g/mol. The number of hydrazone groups is 1. The van der Waals surface area contributed by atoms with Gasteiger partial charge in [-0.05, 0) is 23.8 Å². The SMILES string of the molecule is Cn1ccc(C(=O)NN=Cc2ccc([N+](=O)[O-])cc2)n1. The smallest absolute Gasteiger partial charge is 0.275 e. The van der Waals surface area contributed by atoms with Crippen LogP contribution < -0.4 is 5.43 Å². The molecule has 2 rings (SSSR count). The van der Waals surface area contributed by atoms with Gasteiger partial charge >= 0.3 is 0 Å². The molecule has 0 atom stereocenters. The van der Waals surface area contributed by atoms with Crippen molar-refractivity contribution in [3.05, 3.63) is 57.9 Å². The van der Waals surface area contributed by atoms with E-state index in [1.807, 2.05) is 0 Å². The van der Waals surface area contributed by atoms with E-state index in [4.69, 9.17) is 0 Å². The summed E-state index contributed by atoms with van der Waals surface area (Å²) in [7, 11) is 1.71. The molecule has 1 heterocycles. The number of nitro benzene ring substituents is 1. The second-order valence-corrected chi connectivity index (χ2v) is 3.92. The molecule has 0 fully saturated rings. The van der Waals surface area contributed by atoms with Crippen LogP contribution in [0.15, 0.2) is 41.6 Å². The van der Waals surface area contributed by atoms with Gasteiger partial charge in [0.25, 0.3) is 11.6 Å². The maximum atomic E-state index is 11.6. The van der Waals surface area contributed by atoms with Gasteiger partial charge in [-0.2, -0.15) is 10.2 Å². The molecule has 0 aliphatic carbocycles. The number of nitrogens with zero attached hydrogens (tertiary/aromatic N) is 4. The Morgan fingerprint density at radius 1 is 1.40 bits per heavy atom. The number of carbonyl (C=O) groups is 1. The summed E-state index contributed by atoms with van der Waals surface area (Å²) < 4.78 is 1.51. The van der Waals surface area contributed by atoms with Crippen LogP contribution in [0.4, 0.5) is 5.69 Å². The lowest BCUT2D eigenvalue weighted by molar-refractivity contribution is -0.384. The monoisotopic (exact) mass is 273 g/mol. The third kappa shape index (κ3) is 3.25. The number of carbonyl (C=O) groups excluding carboxylic acids is 1. The van der Waals surface area contributed by atoms with Crippen molar-refractivity contribution in [3.63, 3.8) is 0 Å². The van der Waals surface area contributed by atoms with E-state index in [-0.39, 0.29) is 11.4 Å². The number of non-ortho nitro benzene ring substituents is 1. The summed E-state index contributed by atoms with van der Waals surface area (Å²) in [5.74, 6) is -0.427. The lowest BCUT2D eigenvalue weighted by atomic mass is 10.2.